The Morgan fingerprint density at radius 2 is 1.50 bits per heavy atom. The summed E-state index contributed by atoms with van der Waals surface area (Å²) in [4.78, 5) is 11.5. The fraction of sp³-hybridized carbons (Fsp3) is 0.0800. The lowest BCUT2D eigenvalue weighted by Crippen LogP contribution is -2.13. The predicted octanol–water partition coefficient (Wildman–Crippen LogP) is 5.51. The third kappa shape index (κ3) is 3.50. The highest BCUT2D eigenvalue weighted by Crippen LogP contribution is 2.36. The van der Waals surface area contributed by atoms with Gasteiger partial charge in [0.15, 0.2) is 5.65 Å². The Hall–Kier alpha value is -4.39. The molecule has 0 aliphatic carbocycles. The Kier molecular flexibility index (Phi) is 5.13. The summed E-state index contributed by atoms with van der Waals surface area (Å²) in [5.74, 6) is 2.06. The van der Waals surface area contributed by atoms with Crippen molar-refractivity contribution in [3.05, 3.63) is 85.1 Å². The van der Waals surface area contributed by atoms with Crippen LogP contribution in [0.25, 0.3) is 22.3 Å². The van der Waals surface area contributed by atoms with Crippen molar-refractivity contribution < 1.29 is 9.47 Å². The van der Waals surface area contributed by atoms with Gasteiger partial charge in [0.2, 0.25) is 5.95 Å². The van der Waals surface area contributed by atoms with Crippen molar-refractivity contribution in [2.24, 2.45) is 0 Å². The van der Waals surface area contributed by atoms with Crippen LogP contribution in [0.1, 0.15) is 0 Å². The highest BCUT2D eigenvalue weighted by atomic mass is 16.5. The van der Waals surface area contributed by atoms with E-state index in [1.165, 1.54) is 0 Å². The normalized spacial score (nSPS) is 10.8. The highest BCUT2D eigenvalue weighted by Gasteiger charge is 2.19. The zero-order valence-corrected chi connectivity index (χ0v) is 17.7. The number of H-pyrrole nitrogens is 1. The molecule has 0 aliphatic heterocycles. The maximum atomic E-state index is 5.51. The summed E-state index contributed by atoms with van der Waals surface area (Å²) in [7, 11) is 3.30. The molecule has 7 nitrogen and oxygen atoms in total. The molecule has 2 heterocycles. The van der Waals surface area contributed by atoms with Crippen LogP contribution in [-0.2, 0) is 0 Å². The van der Waals surface area contributed by atoms with Crippen LogP contribution in [0.5, 0.6) is 11.5 Å². The Morgan fingerprint density at radius 1 is 0.781 bits per heavy atom. The first kappa shape index (κ1) is 19.6. The second kappa shape index (κ2) is 8.39. The zero-order valence-electron chi connectivity index (χ0n) is 17.7. The van der Waals surface area contributed by atoms with Crippen LogP contribution in [0.2, 0.25) is 0 Å². The van der Waals surface area contributed by atoms with E-state index < -0.39 is 0 Å². The number of methoxy groups -OCH3 is 2. The third-order valence-electron chi connectivity index (χ3n) is 5.22. The van der Waals surface area contributed by atoms with E-state index in [9.17, 15) is 0 Å². The van der Waals surface area contributed by atoms with Crippen LogP contribution in [0.4, 0.5) is 17.3 Å². The number of ether oxygens (including phenoxy) is 2. The summed E-state index contributed by atoms with van der Waals surface area (Å²) in [6.07, 6.45) is 1.79. The maximum absolute atomic E-state index is 5.51. The number of nitrogens with zero attached hydrogens (tertiary/aromatic N) is 4. The molecular weight excluding hydrogens is 402 g/mol. The van der Waals surface area contributed by atoms with Crippen LogP contribution < -0.4 is 14.4 Å². The van der Waals surface area contributed by atoms with Gasteiger partial charge in [0.25, 0.3) is 0 Å². The number of hydrogen-bond donors (Lipinski definition) is 1. The molecule has 158 valence electrons. The average Bonchev–Trinajstić information content (AvgIpc) is 3.28. The number of nitrogens with one attached hydrogen (secondary N) is 1. The van der Waals surface area contributed by atoms with Crippen molar-refractivity contribution in [3.8, 4) is 22.8 Å². The molecule has 0 amide bonds. The zero-order chi connectivity index (χ0) is 21.9. The van der Waals surface area contributed by atoms with Gasteiger partial charge >= 0.3 is 0 Å². The number of para-hydroxylation sites is 2. The van der Waals surface area contributed by atoms with Crippen molar-refractivity contribution in [2.45, 2.75) is 0 Å². The first-order valence-corrected chi connectivity index (χ1v) is 10.1. The van der Waals surface area contributed by atoms with Gasteiger partial charge in [0, 0.05) is 23.1 Å². The smallest absolute Gasteiger partial charge is 0.236 e. The third-order valence-corrected chi connectivity index (χ3v) is 5.22. The molecule has 2 aromatic heterocycles. The number of fused-ring (bicyclic) bond motifs is 1. The monoisotopic (exact) mass is 423 g/mol. The first-order valence-electron chi connectivity index (χ1n) is 10.1. The van der Waals surface area contributed by atoms with Crippen molar-refractivity contribution in [2.75, 3.05) is 19.1 Å². The van der Waals surface area contributed by atoms with E-state index in [2.05, 4.69) is 10.2 Å². The largest absolute Gasteiger partial charge is 0.497 e. The molecule has 0 saturated heterocycles. The summed E-state index contributed by atoms with van der Waals surface area (Å²) in [5.41, 5.74) is 4.16. The molecule has 3 aromatic carbocycles. The summed E-state index contributed by atoms with van der Waals surface area (Å²) in [6, 6.07) is 25.5. The van der Waals surface area contributed by atoms with E-state index in [1.807, 2.05) is 83.8 Å². The number of hydrogen-bond acceptors (Lipinski definition) is 6. The molecular formula is C25H21N5O2. The molecule has 1 N–H and O–H groups in total. The van der Waals surface area contributed by atoms with Crippen LogP contribution in [-0.4, -0.2) is 34.4 Å². The average molecular weight is 423 g/mol. The number of aromatic amines is 1. The Balaban J connectivity index is 1.62. The topological polar surface area (TPSA) is 76.2 Å². The van der Waals surface area contributed by atoms with E-state index in [0.29, 0.717) is 11.6 Å². The molecule has 7 heteroatoms. The Morgan fingerprint density at radius 3 is 2.25 bits per heavy atom. The standard InChI is InChI=1S/C25H21N5O2/c1-31-19-14-12-18(13-15-19)30(17-8-4-3-5-9-17)25-26-16-21-23(28-29-24(21)27-25)20-10-6-7-11-22(20)32-2/h3-16H,1-2H3,(H,26,27,28,29). The Bertz CT molecular complexity index is 1350. The quantitative estimate of drug-likeness (QED) is 0.388. The molecule has 0 fully saturated rings. The minimum Gasteiger partial charge on any atom is -0.497 e. The lowest BCUT2D eigenvalue weighted by atomic mass is 10.1. The molecule has 0 atom stereocenters. The van der Waals surface area contributed by atoms with E-state index in [4.69, 9.17) is 19.4 Å². The molecule has 5 rings (SSSR count). The SMILES string of the molecule is COc1ccc(N(c2ccccc2)c2ncc3c(-c4ccccc4OC)[nH]nc3n2)cc1. The van der Waals surface area contributed by atoms with Gasteiger partial charge in [-0.2, -0.15) is 10.1 Å². The number of benzene rings is 3. The van der Waals surface area contributed by atoms with Crippen molar-refractivity contribution in [3.63, 3.8) is 0 Å². The summed E-state index contributed by atoms with van der Waals surface area (Å²) < 4.78 is 10.8. The second-order valence-electron chi connectivity index (χ2n) is 7.08. The van der Waals surface area contributed by atoms with Gasteiger partial charge < -0.3 is 9.47 Å². The van der Waals surface area contributed by atoms with E-state index >= 15 is 0 Å². The van der Waals surface area contributed by atoms with E-state index in [1.54, 1.807) is 20.4 Å². The lowest BCUT2D eigenvalue weighted by Gasteiger charge is -2.23. The van der Waals surface area contributed by atoms with Gasteiger partial charge in [0.1, 0.15) is 11.5 Å². The van der Waals surface area contributed by atoms with Gasteiger partial charge in [-0.25, -0.2) is 4.98 Å². The molecule has 0 unspecified atom stereocenters. The maximum Gasteiger partial charge on any atom is 0.236 e. The van der Waals surface area contributed by atoms with Gasteiger partial charge in [-0.3, -0.25) is 10.00 Å². The van der Waals surface area contributed by atoms with E-state index in [-0.39, 0.29) is 0 Å². The van der Waals surface area contributed by atoms with Gasteiger partial charge in [-0.1, -0.05) is 30.3 Å². The molecule has 0 saturated carbocycles. The van der Waals surface area contributed by atoms with Crippen LogP contribution >= 0.6 is 0 Å². The van der Waals surface area contributed by atoms with Gasteiger partial charge in [-0.15, -0.1) is 0 Å². The molecule has 0 aliphatic rings. The van der Waals surface area contributed by atoms with Gasteiger partial charge in [-0.05, 0) is 48.5 Å². The number of anilines is 3. The van der Waals surface area contributed by atoms with Crippen LogP contribution in [0, 0.1) is 0 Å². The highest BCUT2D eigenvalue weighted by molar-refractivity contribution is 5.92. The minimum atomic E-state index is 0.520. The van der Waals surface area contributed by atoms with Crippen LogP contribution in [0.3, 0.4) is 0 Å². The molecule has 5 aromatic rings. The van der Waals surface area contributed by atoms with Crippen molar-refractivity contribution in [1.29, 1.82) is 0 Å². The van der Waals surface area contributed by atoms with E-state index in [0.717, 1.165) is 39.5 Å². The van der Waals surface area contributed by atoms with Crippen molar-refractivity contribution >= 4 is 28.4 Å². The fourth-order valence-electron chi connectivity index (χ4n) is 3.65. The van der Waals surface area contributed by atoms with Crippen LogP contribution in [0.15, 0.2) is 85.1 Å². The fourth-order valence-corrected chi connectivity index (χ4v) is 3.65. The van der Waals surface area contributed by atoms with Crippen molar-refractivity contribution in [1.82, 2.24) is 20.2 Å². The summed E-state index contributed by atoms with van der Waals surface area (Å²) in [6.45, 7) is 0. The summed E-state index contributed by atoms with van der Waals surface area (Å²) in [5, 5.41) is 8.37. The molecule has 0 spiro atoms. The first-order chi connectivity index (χ1) is 15.8. The molecule has 0 radical (unpaired) electrons. The second-order valence-corrected chi connectivity index (χ2v) is 7.08. The Labute approximate surface area is 185 Å². The summed E-state index contributed by atoms with van der Waals surface area (Å²) >= 11 is 0. The number of rotatable bonds is 6. The lowest BCUT2D eigenvalue weighted by molar-refractivity contribution is 0.415. The van der Waals surface area contributed by atoms with Gasteiger partial charge in [0.05, 0.1) is 25.3 Å². The molecule has 32 heavy (non-hydrogen) atoms. The molecule has 0 bridgehead atoms. The predicted molar refractivity (Wildman–Crippen MR) is 125 cm³/mol. The minimum absolute atomic E-state index is 0.520. The number of aromatic nitrogens is 4.